The molecule has 9 heteroatoms. The summed E-state index contributed by atoms with van der Waals surface area (Å²) in [5, 5.41) is 19.3. The van der Waals surface area contributed by atoms with Gasteiger partial charge in [-0.05, 0) is 55.8 Å². The molecular weight excluding hydrogens is 390 g/mol. The van der Waals surface area contributed by atoms with E-state index in [0.717, 1.165) is 49.7 Å². The van der Waals surface area contributed by atoms with Gasteiger partial charge in [0, 0.05) is 12.0 Å². The molecule has 4 N–H and O–H groups in total. The molecule has 1 atom stereocenters. The number of nitrogens with one attached hydrogen (secondary N) is 2. The van der Waals surface area contributed by atoms with Crippen LogP contribution in [0.3, 0.4) is 0 Å². The molecule has 160 valence electrons. The van der Waals surface area contributed by atoms with E-state index in [-0.39, 0.29) is 5.92 Å². The lowest BCUT2D eigenvalue weighted by atomic mass is 9.87. The van der Waals surface area contributed by atoms with Crippen LogP contribution >= 0.6 is 0 Å². The summed E-state index contributed by atoms with van der Waals surface area (Å²) in [5.41, 5.74) is 9.75. The fourth-order valence-corrected chi connectivity index (χ4v) is 4.71. The standard InChI is InChI=1S/C22H27N9/c23-20-12-19(21-22(27-20)29-30-28-21)18(15-4-2-1-3-5-15)10-11-25-16-6-8-17(9-7-16)31-14-24-13-26-31/h1-5,12-14,16-18,25H,6-11H2,(H3,23,27,28,29,30). The summed E-state index contributed by atoms with van der Waals surface area (Å²) in [6, 6.07) is 13.5. The summed E-state index contributed by atoms with van der Waals surface area (Å²) < 4.78 is 2.00. The van der Waals surface area contributed by atoms with Crippen LogP contribution in [0.2, 0.25) is 0 Å². The Morgan fingerprint density at radius 1 is 1.13 bits per heavy atom. The van der Waals surface area contributed by atoms with Crippen molar-refractivity contribution in [2.75, 3.05) is 12.3 Å². The molecule has 1 aliphatic carbocycles. The van der Waals surface area contributed by atoms with Gasteiger partial charge >= 0.3 is 0 Å². The number of anilines is 1. The molecule has 1 fully saturated rings. The zero-order valence-electron chi connectivity index (χ0n) is 17.4. The highest BCUT2D eigenvalue weighted by molar-refractivity contribution is 5.77. The van der Waals surface area contributed by atoms with E-state index >= 15 is 0 Å². The topological polar surface area (TPSA) is 123 Å². The highest BCUT2D eigenvalue weighted by Crippen LogP contribution is 2.33. The maximum atomic E-state index is 6.08. The molecule has 1 saturated carbocycles. The van der Waals surface area contributed by atoms with Gasteiger partial charge in [-0.15, -0.1) is 5.10 Å². The average molecular weight is 418 g/mol. The Hall–Kier alpha value is -3.33. The number of hydrogen-bond acceptors (Lipinski definition) is 7. The van der Waals surface area contributed by atoms with Gasteiger partial charge in [-0.3, -0.25) is 0 Å². The lowest BCUT2D eigenvalue weighted by Gasteiger charge is -2.29. The Labute approximate surface area is 180 Å². The van der Waals surface area contributed by atoms with Crippen molar-refractivity contribution in [3.05, 3.63) is 60.2 Å². The molecule has 31 heavy (non-hydrogen) atoms. The minimum Gasteiger partial charge on any atom is -0.384 e. The molecular formula is C22H27N9. The molecule has 9 nitrogen and oxygen atoms in total. The fourth-order valence-electron chi connectivity index (χ4n) is 4.71. The Bertz CT molecular complexity index is 1100. The van der Waals surface area contributed by atoms with Crippen molar-refractivity contribution in [3.63, 3.8) is 0 Å². The first-order chi connectivity index (χ1) is 15.3. The van der Waals surface area contributed by atoms with E-state index in [1.54, 1.807) is 6.33 Å². The summed E-state index contributed by atoms with van der Waals surface area (Å²) in [6.45, 7) is 0.916. The lowest BCUT2D eigenvalue weighted by Crippen LogP contribution is -2.35. The molecule has 1 unspecified atom stereocenters. The van der Waals surface area contributed by atoms with Crippen molar-refractivity contribution >= 4 is 17.0 Å². The molecule has 0 spiro atoms. The highest BCUT2D eigenvalue weighted by Gasteiger charge is 2.24. The second-order valence-electron chi connectivity index (χ2n) is 8.22. The third kappa shape index (κ3) is 4.27. The first-order valence-corrected chi connectivity index (χ1v) is 10.9. The molecule has 1 aliphatic rings. The van der Waals surface area contributed by atoms with Crippen molar-refractivity contribution in [2.24, 2.45) is 0 Å². The third-order valence-electron chi connectivity index (χ3n) is 6.29. The van der Waals surface area contributed by atoms with E-state index in [0.29, 0.717) is 23.5 Å². The SMILES string of the molecule is Nc1cc(C(CCNC2CCC(n3cncn3)CC2)c2ccccc2)c2n[nH]nc2n1. The average Bonchev–Trinajstić information content (AvgIpc) is 3.50. The molecule has 5 rings (SSSR count). The first-order valence-electron chi connectivity index (χ1n) is 10.9. The minimum atomic E-state index is 0.165. The monoisotopic (exact) mass is 417 g/mol. The number of aromatic amines is 1. The van der Waals surface area contributed by atoms with Gasteiger partial charge in [0.05, 0.1) is 6.04 Å². The Kier molecular flexibility index (Phi) is 5.57. The number of aromatic nitrogens is 7. The van der Waals surface area contributed by atoms with Crippen molar-refractivity contribution in [1.29, 1.82) is 0 Å². The van der Waals surface area contributed by atoms with Gasteiger partial charge < -0.3 is 11.1 Å². The molecule has 0 saturated heterocycles. The zero-order chi connectivity index (χ0) is 21.0. The second-order valence-corrected chi connectivity index (χ2v) is 8.22. The van der Waals surface area contributed by atoms with E-state index in [1.807, 2.05) is 23.1 Å². The maximum absolute atomic E-state index is 6.08. The van der Waals surface area contributed by atoms with Gasteiger partial charge in [-0.2, -0.15) is 15.4 Å². The Morgan fingerprint density at radius 3 is 2.74 bits per heavy atom. The van der Waals surface area contributed by atoms with Gasteiger partial charge in [-0.25, -0.2) is 14.6 Å². The van der Waals surface area contributed by atoms with Gasteiger partial charge in [-0.1, -0.05) is 30.3 Å². The molecule has 0 aliphatic heterocycles. The number of H-pyrrole nitrogens is 1. The Balaban J connectivity index is 1.27. The smallest absolute Gasteiger partial charge is 0.203 e. The summed E-state index contributed by atoms with van der Waals surface area (Å²) >= 11 is 0. The number of nitrogens with two attached hydrogens (primary N) is 1. The second kappa shape index (κ2) is 8.81. The molecule has 4 aromatic rings. The van der Waals surface area contributed by atoms with Gasteiger partial charge in [0.2, 0.25) is 5.65 Å². The lowest BCUT2D eigenvalue weighted by molar-refractivity contribution is 0.275. The molecule has 3 aromatic heterocycles. The summed E-state index contributed by atoms with van der Waals surface area (Å²) in [5.74, 6) is 0.634. The van der Waals surface area contributed by atoms with Crippen molar-refractivity contribution in [3.8, 4) is 0 Å². The number of nitrogen functional groups attached to an aromatic ring is 1. The summed E-state index contributed by atoms with van der Waals surface area (Å²) in [6.07, 6.45) is 8.94. The van der Waals surface area contributed by atoms with Crippen LogP contribution in [0.5, 0.6) is 0 Å². The van der Waals surface area contributed by atoms with Crippen LogP contribution in [-0.4, -0.2) is 47.7 Å². The van der Waals surface area contributed by atoms with E-state index in [9.17, 15) is 0 Å². The van der Waals surface area contributed by atoms with E-state index < -0.39 is 0 Å². The number of pyridine rings is 1. The quantitative estimate of drug-likeness (QED) is 0.422. The van der Waals surface area contributed by atoms with Gasteiger partial charge in [0.15, 0.2) is 0 Å². The van der Waals surface area contributed by atoms with Gasteiger partial charge in [0.25, 0.3) is 0 Å². The number of nitrogens with zero attached hydrogens (tertiary/aromatic N) is 6. The van der Waals surface area contributed by atoms with Crippen LogP contribution < -0.4 is 11.1 Å². The molecule has 0 radical (unpaired) electrons. The number of rotatable bonds is 7. The summed E-state index contributed by atoms with van der Waals surface area (Å²) in [4.78, 5) is 8.38. The van der Waals surface area contributed by atoms with Crippen molar-refractivity contribution in [2.45, 2.75) is 50.1 Å². The van der Waals surface area contributed by atoms with E-state index in [2.05, 4.69) is 60.1 Å². The van der Waals surface area contributed by atoms with Crippen molar-refractivity contribution < 1.29 is 0 Å². The van der Waals surface area contributed by atoms with Crippen LogP contribution in [0.15, 0.2) is 49.1 Å². The number of hydrogen-bond donors (Lipinski definition) is 3. The molecule has 3 heterocycles. The molecule has 1 aromatic carbocycles. The van der Waals surface area contributed by atoms with E-state index in [4.69, 9.17) is 5.73 Å². The highest BCUT2D eigenvalue weighted by atomic mass is 15.3. The summed E-state index contributed by atoms with van der Waals surface area (Å²) in [7, 11) is 0. The van der Waals surface area contributed by atoms with Gasteiger partial charge in [0.1, 0.15) is 24.0 Å². The number of benzene rings is 1. The number of fused-ring (bicyclic) bond motifs is 1. The van der Waals surface area contributed by atoms with Crippen LogP contribution in [0.25, 0.3) is 11.2 Å². The first kappa shape index (κ1) is 19.6. The molecule has 0 bridgehead atoms. The predicted octanol–water partition coefficient (Wildman–Crippen LogP) is 2.82. The van der Waals surface area contributed by atoms with E-state index in [1.165, 1.54) is 5.56 Å². The van der Waals surface area contributed by atoms with Crippen LogP contribution in [0.1, 0.15) is 55.2 Å². The Morgan fingerprint density at radius 2 is 1.97 bits per heavy atom. The zero-order valence-corrected chi connectivity index (χ0v) is 17.4. The van der Waals surface area contributed by atoms with Crippen molar-refractivity contribution in [1.82, 2.24) is 40.5 Å². The third-order valence-corrected chi connectivity index (χ3v) is 6.29. The fraction of sp³-hybridized carbons (Fsp3) is 0.409. The largest absolute Gasteiger partial charge is 0.384 e. The molecule has 0 amide bonds. The van der Waals surface area contributed by atoms with Crippen LogP contribution in [0.4, 0.5) is 5.82 Å². The predicted molar refractivity (Wildman–Crippen MR) is 118 cm³/mol. The van der Waals surface area contributed by atoms with Crippen LogP contribution in [-0.2, 0) is 0 Å². The van der Waals surface area contributed by atoms with Crippen LogP contribution in [0, 0.1) is 0 Å². The normalized spacial score (nSPS) is 20.1. The minimum absolute atomic E-state index is 0.165. The maximum Gasteiger partial charge on any atom is 0.203 e.